The highest BCUT2D eigenvalue weighted by Crippen LogP contribution is 2.30. The van der Waals surface area contributed by atoms with Gasteiger partial charge in [-0.25, -0.2) is 9.59 Å². The first kappa shape index (κ1) is 15.3. The quantitative estimate of drug-likeness (QED) is 0.566. The van der Waals surface area contributed by atoms with Crippen LogP contribution in [-0.2, 0) is 9.59 Å². The Kier molecular flexibility index (Phi) is 5.59. The fourth-order valence-electron chi connectivity index (χ4n) is 2.33. The number of carboxylic acids is 2. The van der Waals surface area contributed by atoms with Crippen molar-refractivity contribution in [2.24, 2.45) is 11.8 Å². The molecule has 1 aliphatic rings. The lowest BCUT2D eigenvalue weighted by Gasteiger charge is -2.18. The Labute approximate surface area is 111 Å². The fourth-order valence-corrected chi connectivity index (χ4v) is 2.33. The van der Waals surface area contributed by atoms with Crippen LogP contribution in [0.25, 0.3) is 0 Å². The average Bonchev–Trinajstić information content (AvgIpc) is 2.70. The molecule has 7 nitrogen and oxygen atoms in total. The van der Waals surface area contributed by atoms with Gasteiger partial charge in [-0.15, -0.1) is 0 Å². The number of carbonyl (C=O) groups excluding carboxylic acids is 1. The largest absolute Gasteiger partial charge is 0.481 e. The van der Waals surface area contributed by atoms with Crippen LogP contribution in [0.1, 0.15) is 32.6 Å². The molecule has 1 fully saturated rings. The summed E-state index contributed by atoms with van der Waals surface area (Å²) in [5, 5.41) is 22.1. The van der Waals surface area contributed by atoms with Crippen LogP contribution in [-0.4, -0.2) is 40.8 Å². The minimum absolute atomic E-state index is 0.411. The van der Waals surface area contributed by atoms with Gasteiger partial charge in [0.25, 0.3) is 0 Å². The van der Waals surface area contributed by atoms with Gasteiger partial charge in [-0.05, 0) is 18.3 Å². The number of carbonyl (C=O) groups is 3. The zero-order chi connectivity index (χ0) is 14.4. The standard InChI is InChI=1S/C12H20N2O5/c1-7-3-2-4-8(7)6-13-12(19)14-9(11(17)18)5-10(15)16/h7-9H,2-6H2,1H3,(H,15,16)(H,17,18)(H2,13,14,19)/t7?,8?,9-/m0/s1. The molecule has 2 amide bonds. The molecular formula is C12H20N2O5. The van der Waals surface area contributed by atoms with E-state index in [2.05, 4.69) is 17.6 Å². The van der Waals surface area contributed by atoms with E-state index in [-0.39, 0.29) is 0 Å². The molecule has 7 heteroatoms. The first-order chi connectivity index (χ1) is 8.90. The second-order valence-electron chi connectivity index (χ2n) is 5.01. The number of hydrogen-bond donors (Lipinski definition) is 4. The van der Waals surface area contributed by atoms with Crippen molar-refractivity contribution >= 4 is 18.0 Å². The molecule has 0 aliphatic heterocycles. The summed E-state index contributed by atoms with van der Waals surface area (Å²) < 4.78 is 0. The Morgan fingerprint density at radius 2 is 1.95 bits per heavy atom. The summed E-state index contributed by atoms with van der Waals surface area (Å²) in [6.07, 6.45) is 2.71. The molecule has 19 heavy (non-hydrogen) atoms. The predicted molar refractivity (Wildman–Crippen MR) is 66.7 cm³/mol. The van der Waals surface area contributed by atoms with Crippen LogP contribution >= 0.6 is 0 Å². The van der Waals surface area contributed by atoms with Crippen molar-refractivity contribution in [3.05, 3.63) is 0 Å². The number of aliphatic carboxylic acids is 2. The first-order valence-electron chi connectivity index (χ1n) is 6.39. The van der Waals surface area contributed by atoms with Crippen LogP contribution in [0.2, 0.25) is 0 Å². The summed E-state index contributed by atoms with van der Waals surface area (Å²) >= 11 is 0. The number of urea groups is 1. The molecule has 0 aromatic carbocycles. The van der Waals surface area contributed by atoms with Crippen LogP contribution in [0.4, 0.5) is 4.79 Å². The second-order valence-corrected chi connectivity index (χ2v) is 5.01. The van der Waals surface area contributed by atoms with E-state index >= 15 is 0 Å². The normalized spacial score (nSPS) is 23.6. The molecule has 0 saturated heterocycles. The van der Waals surface area contributed by atoms with E-state index in [4.69, 9.17) is 10.2 Å². The van der Waals surface area contributed by atoms with E-state index in [1.807, 2.05) is 0 Å². The maximum atomic E-state index is 11.5. The van der Waals surface area contributed by atoms with E-state index in [0.29, 0.717) is 18.4 Å². The average molecular weight is 272 g/mol. The summed E-state index contributed by atoms with van der Waals surface area (Å²) in [7, 11) is 0. The lowest BCUT2D eigenvalue weighted by molar-refractivity contribution is -0.145. The summed E-state index contributed by atoms with van der Waals surface area (Å²) in [4.78, 5) is 32.8. The first-order valence-corrected chi connectivity index (χ1v) is 6.39. The van der Waals surface area contributed by atoms with Crippen molar-refractivity contribution in [1.29, 1.82) is 0 Å². The third-order valence-corrected chi connectivity index (χ3v) is 3.55. The van der Waals surface area contributed by atoms with Gasteiger partial charge >= 0.3 is 18.0 Å². The van der Waals surface area contributed by atoms with Crippen LogP contribution in [0.15, 0.2) is 0 Å². The third-order valence-electron chi connectivity index (χ3n) is 3.55. The van der Waals surface area contributed by atoms with E-state index in [1.165, 1.54) is 0 Å². The highest BCUT2D eigenvalue weighted by atomic mass is 16.4. The number of nitrogens with one attached hydrogen (secondary N) is 2. The van der Waals surface area contributed by atoms with Gasteiger partial charge in [0.1, 0.15) is 6.04 Å². The lowest BCUT2D eigenvalue weighted by atomic mass is 9.98. The summed E-state index contributed by atoms with van der Waals surface area (Å²) in [5.41, 5.74) is 0. The maximum absolute atomic E-state index is 11.5. The molecule has 1 aliphatic carbocycles. The highest BCUT2D eigenvalue weighted by molar-refractivity contribution is 5.86. The van der Waals surface area contributed by atoms with E-state index < -0.39 is 30.4 Å². The van der Waals surface area contributed by atoms with E-state index in [9.17, 15) is 14.4 Å². The van der Waals surface area contributed by atoms with Gasteiger partial charge in [0.05, 0.1) is 6.42 Å². The van der Waals surface area contributed by atoms with Gasteiger partial charge in [0.2, 0.25) is 0 Å². The van der Waals surface area contributed by atoms with Crippen molar-refractivity contribution in [2.45, 2.75) is 38.6 Å². The van der Waals surface area contributed by atoms with E-state index in [1.54, 1.807) is 0 Å². The molecular weight excluding hydrogens is 252 g/mol. The Hall–Kier alpha value is -1.79. The van der Waals surface area contributed by atoms with Crippen molar-refractivity contribution in [3.63, 3.8) is 0 Å². The van der Waals surface area contributed by atoms with Gasteiger partial charge in [0, 0.05) is 6.54 Å². The molecule has 0 aromatic heterocycles. The van der Waals surface area contributed by atoms with Gasteiger partial charge in [-0.3, -0.25) is 4.79 Å². The SMILES string of the molecule is CC1CCCC1CNC(=O)N[C@@H](CC(=O)O)C(=O)O. The molecule has 4 N–H and O–H groups in total. The second kappa shape index (κ2) is 6.96. The Morgan fingerprint density at radius 1 is 1.26 bits per heavy atom. The van der Waals surface area contributed by atoms with Gasteiger partial charge < -0.3 is 20.8 Å². The van der Waals surface area contributed by atoms with Crippen LogP contribution in [0, 0.1) is 11.8 Å². The Balaban J connectivity index is 2.35. The molecule has 1 rings (SSSR count). The Bertz CT molecular complexity index is 358. The molecule has 0 radical (unpaired) electrons. The molecule has 2 unspecified atom stereocenters. The van der Waals surface area contributed by atoms with Crippen LogP contribution in [0.5, 0.6) is 0 Å². The molecule has 0 heterocycles. The maximum Gasteiger partial charge on any atom is 0.326 e. The minimum atomic E-state index is -1.40. The predicted octanol–water partition coefficient (Wildman–Crippen LogP) is 0.650. The van der Waals surface area contributed by atoms with Crippen molar-refractivity contribution < 1.29 is 24.6 Å². The Morgan fingerprint density at radius 3 is 2.42 bits per heavy atom. The molecule has 0 aromatic rings. The van der Waals surface area contributed by atoms with Crippen molar-refractivity contribution in [3.8, 4) is 0 Å². The highest BCUT2D eigenvalue weighted by Gasteiger charge is 2.25. The van der Waals surface area contributed by atoms with Crippen molar-refractivity contribution in [1.82, 2.24) is 10.6 Å². The molecule has 1 saturated carbocycles. The van der Waals surface area contributed by atoms with E-state index in [0.717, 1.165) is 19.3 Å². The number of rotatable bonds is 6. The fraction of sp³-hybridized carbons (Fsp3) is 0.750. The molecule has 3 atom stereocenters. The number of hydrogen-bond acceptors (Lipinski definition) is 3. The molecule has 0 bridgehead atoms. The summed E-state index contributed by atoms with van der Waals surface area (Å²) in [6.45, 7) is 2.62. The summed E-state index contributed by atoms with van der Waals surface area (Å²) in [6, 6.07) is -2.04. The number of carboxylic acid groups (broad SMARTS) is 2. The topological polar surface area (TPSA) is 116 Å². The zero-order valence-corrected chi connectivity index (χ0v) is 10.9. The molecule has 0 spiro atoms. The molecule has 108 valence electrons. The van der Waals surface area contributed by atoms with Gasteiger partial charge in [-0.1, -0.05) is 19.8 Å². The van der Waals surface area contributed by atoms with Crippen molar-refractivity contribution in [2.75, 3.05) is 6.54 Å². The number of amides is 2. The minimum Gasteiger partial charge on any atom is -0.481 e. The smallest absolute Gasteiger partial charge is 0.326 e. The summed E-state index contributed by atoms with van der Waals surface area (Å²) in [5.74, 6) is -1.66. The van der Waals surface area contributed by atoms with Gasteiger partial charge in [0.15, 0.2) is 0 Å². The van der Waals surface area contributed by atoms with Crippen LogP contribution in [0.3, 0.4) is 0 Å². The monoisotopic (exact) mass is 272 g/mol. The zero-order valence-electron chi connectivity index (χ0n) is 10.9. The van der Waals surface area contributed by atoms with Gasteiger partial charge in [-0.2, -0.15) is 0 Å². The lowest BCUT2D eigenvalue weighted by Crippen LogP contribution is -2.48. The third kappa shape index (κ3) is 5.15. The van der Waals surface area contributed by atoms with Crippen LogP contribution < -0.4 is 10.6 Å².